The van der Waals surface area contributed by atoms with Gasteiger partial charge in [-0.1, -0.05) is 25.0 Å². The summed E-state index contributed by atoms with van der Waals surface area (Å²) in [6.07, 6.45) is 3.97. The predicted molar refractivity (Wildman–Crippen MR) is 90.2 cm³/mol. The van der Waals surface area contributed by atoms with Crippen LogP contribution < -0.4 is 15.8 Å². The Kier molecular flexibility index (Phi) is 6.42. The number of benzene rings is 1. The van der Waals surface area contributed by atoms with Gasteiger partial charge in [0.2, 0.25) is 5.91 Å². The summed E-state index contributed by atoms with van der Waals surface area (Å²) in [5, 5.41) is 3.02. The average molecular weight is 320 g/mol. The Morgan fingerprint density at radius 2 is 2.22 bits per heavy atom. The number of amides is 1. The highest BCUT2D eigenvalue weighted by Crippen LogP contribution is 2.31. The molecule has 0 aromatic heterocycles. The van der Waals surface area contributed by atoms with Crippen molar-refractivity contribution in [1.29, 1.82) is 0 Å². The summed E-state index contributed by atoms with van der Waals surface area (Å²) >= 11 is 0. The molecule has 1 saturated carbocycles. The number of ether oxygens (including phenoxy) is 2. The fourth-order valence-electron chi connectivity index (χ4n) is 3.09. The molecule has 1 aliphatic rings. The van der Waals surface area contributed by atoms with E-state index in [1.165, 1.54) is 0 Å². The number of methoxy groups -OCH3 is 1. The molecule has 0 spiro atoms. The molecule has 128 valence electrons. The van der Waals surface area contributed by atoms with Crippen LogP contribution in [-0.4, -0.2) is 31.8 Å². The number of nitrogens with two attached hydrogens (primary N) is 1. The van der Waals surface area contributed by atoms with Crippen molar-refractivity contribution in [3.63, 3.8) is 0 Å². The molecule has 1 fully saturated rings. The number of nitrogens with one attached hydrogen (secondary N) is 1. The molecule has 1 amide bonds. The zero-order valence-electron chi connectivity index (χ0n) is 14.1. The first-order chi connectivity index (χ1) is 11.0. The van der Waals surface area contributed by atoms with E-state index in [1.807, 2.05) is 31.2 Å². The van der Waals surface area contributed by atoms with Crippen LogP contribution in [0.5, 0.6) is 5.75 Å². The van der Waals surface area contributed by atoms with Crippen LogP contribution >= 0.6 is 0 Å². The second kappa shape index (κ2) is 8.31. The Balaban J connectivity index is 1.87. The number of hydrogen-bond donors (Lipinski definition) is 2. The van der Waals surface area contributed by atoms with Crippen LogP contribution in [-0.2, 0) is 16.1 Å². The normalized spacial score (nSPS) is 24.2. The van der Waals surface area contributed by atoms with Crippen molar-refractivity contribution >= 4 is 5.91 Å². The summed E-state index contributed by atoms with van der Waals surface area (Å²) in [5.74, 6) is 0.743. The fourth-order valence-corrected chi connectivity index (χ4v) is 3.09. The van der Waals surface area contributed by atoms with Gasteiger partial charge in [-0.05, 0) is 37.5 Å². The van der Waals surface area contributed by atoms with Crippen LogP contribution in [0.1, 0.15) is 38.2 Å². The van der Waals surface area contributed by atoms with E-state index < -0.39 is 5.54 Å². The van der Waals surface area contributed by atoms with Gasteiger partial charge in [0, 0.05) is 19.2 Å². The molecule has 23 heavy (non-hydrogen) atoms. The number of carbonyl (C=O) groups excluding carboxylic acids is 1. The van der Waals surface area contributed by atoms with Gasteiger partial charge in [0.25, 0.3) is 0 Å². The third-order valence-electron chi connectivity index (χ3n) is 4.49. The van der Waals surface area contributed by atoms with Crippen molar-refractivity contribution in [2.75, 3.05) is 20.3 Å². The van der Waals surface area contributed by atoms with Crippen LogP contribution in [0.15, 0.2) is 24.3 Å². The SMILES string of the molecule is COCCOc1cccc(CNC(=O)C2CCCCC2(C)N)c1. The molecule has 2 rings (SSSR count). The zero-order chi connectivity index (χ0) is 16.7. The Hall–Kier alpha value is -1.59. The monoisotopic (exact) mass is 320 g/mol. The van der Waals surface area contributed by atoms with Gasteiger partial charge in [-0.3, -0.25) is 4.79 Å². The number of hydrogen-bond acceptors (Lipinski definition) is 4. The minimum absolute atomic E-state index is 0.0559. The van der Waals surface area contributed by atoms with E-state index in [0.29, 0.717) is 19.8 Å². The van der Waals surface area contributed by atoms with E-state index >= 15 is 0 Å². The molecule has 5 heteroatoms. The molecule has 0 aliphatic heterocycles. The Morgan fingerprint density at radius 1 is 1.39 bits per heavy atom. The number of carbonyl (C=O) groups is 1. The van der Waals surface area contributed by atoms with Crippen molar-refractivity contribution < 1.29 is 14.3 Å². The molecule has 2 unspecified atom stereocenters. The van der Waals surface area contributed by atoms with E-state index in [-0.39, 0.29) is 11.8 Å². The summed E-state index contributed by atoms with van der Waals surface area (Å²) in [7, 11) is 1.64. The second-order valence-corrected chi connectivity index (χ2v) is 6.51. The Morgan fingerprint density at radius 3 is 2.96 bits per heavy atom. The van der Waals surface area contributed by atoms with Gasteiger partial charge in [-0.15, -0.1) is 0 Å². The van der Waals surface area contributed by atoms with E-state index in [0.717, 1.165) is 37.0 Å². The maximum absolute atomic E-state index is 12.4. The smallest absolute Gasteiger partial charge is 0.225 e. The van der Waals surface area contributed by atoms with Gasteiger partial charge in [-0.2, -0.15) is 0 Å². The van der Waals surface area contributed by atoms with Gasteiger partial charge < -0.3 is 20.5 Å². The number of rotatable bonds is 7. The second-order valence-electron chi connectivity index (χ2n) is 6.51. The van der Waals surface area contributed by atoms with Crippen molar-refractivity contribution in [2.45, 2.75) is 44.7 Å². The summed E-state index contributed by atoms with van der Waals surface area (Å²) in [4.78, 5) is 12.4. The average Bonchev–Trinajstić information content (AvgIpc) is 2.53. The van der Waals surface area contributed by atoms with E-state index in [2.05, 4.69) is 5.32 Å². The van der Waals surface area contributed by atoms with Gasteiger partial charge >= 0.3 is 0 Å². The first kappa shape index (κ1) is 17.8. The minimum atomic E-state index is -0.395. The highest BCUT2D eigenvalue weighted by atomic mass is 16.5. The lowest BCUT2D eigenvalue weighted by molar-refractivity contribution is -0.128. The van der Waals surface area contributed by atoms with Crippen molar-refractivity contribution in [3.05, 3.63) is 29.8 Å². The molecule has 2 atom stereocenters. The highest BCUT2D eigenvalue weighted by Gasteiger charge is 2.37. The third kappa shape index (κ3) is 5.22. The summed E-state index contributed by atoms with van der Waals surface area (Å²) in [6.45, 7) is 3.55. The first-order valence-electron chi connectivity index (χ1n) is 8.30. The summed E-state index contributed by atoms with van der Waals surface area (Å²) in [6, 6.07) is 7.75. The highest BCUT2D eigenvalue weighted by molar-refractivity contribution is 5.80. The lowest BCUT2D eigenvalue weighted by Crippen LogP contribution is -2.52. The topological polar surface area (TPSA) is 73.6 Å². The van der Waals surface area contributed by atoms with E-state index in [4.69, 9.17) is 15.2 Å². The van der Waals surface area contributed by atoms with Gasteiger partial charge in [-0.25, -0.2) is 0 Å². The minimum Gasteiger partial charge on any atom is -0.491 e. The molecule has 1 aliphatic carbocycles. The molecule has 0 bridgehead atoms. The van der Waals surface area contributed by atoms with Gasteiger partial charge in [0.15, 0.2) is 0 Å². The van der Waals surface area contributed by atoms with E-state index in [9.17, 15) is 4.79 Å². The quantitative estimate of drug-likeness (QED) is 0.756. The Bertz CT molecular complexity index is 517. The van der Waals surface area contributed by atoms with Crippen LogP contribution in [0.4, 0.5) is 0 Å². The van der Waals surface area contributed by atoms with Crippen LogP contribution in [0.3, 0.4) is 0 Å². The van der Waals surface area contributed by atoms with Crippen LogP contribution in [0, 0.1) is 5.92 Å². The molecular weight excluding hydrogens is 292 g/mol. The van der Waals surface area contributed by atoms with Gasteiger partial charge in [0.1, 0.15) is 12.4 Å². The molecule has 0 heterocycles. The first-order valence-corrected chi connectivity index (χ1v) is 8.30. The molecule has 3 N–H and O–H groups in total. The largest absolute Gasteiger partial charge is 0.491 e. The lowest BCUT2D eigenvalue weighted by Gasteiger charge is -2.37. The molecule has 1 aromatic rings. The maximum atomic E-state index is 12.4. The summed E-state index contributed by atoms with van der Waals surface area (Å²) in [5.41, 5.74) is 6.91. The predicted octanol–water partition coefficient (Wildman–Crippen LogP) is 2.24. The van der Waals surface area contributed by atoms with Crippen LogP contribution in [0.25, 0.3) is 0 Å². The van der Waals surface area contributed by atoms with Crippen molar-refractivity contribution in [3.8, 4) is 5.75 Å². The lowest BCUT2D eigenvalue weighted by atomic mass is 9.74. The molecule has 0 saturated heterocycles. The fraction of sp³-hybridized carbons (Fsp3) is 0.611. The molecule has 1 aromatic carbocycles. The molecular formula is C18H28N2O3. The summed E-state index contributed by atoms with van der Waals surface area (Å²) < 4.78 is 10.6. The Labute approximate surface area is 138 Å². The molecule has 0 radical (unpaired) electrons. The van der Waals surface area contributed by atoms with Gasteiger partial charge in [0.05, 0.1) is 12.5 Å². The van der Waals surface area contributed by atoms with Crippen molar-refractivity contribution in [2.24, 2.45) is 11.7 Å². The van der Waals surface area contributed by atoms with E-state index in [1.54, 1.807) is 7.11 Å². The third-order valence-corrected chi connectivity index (χ3v) is 4.49. The standard InChI is InChI=1S/C18H28N2O3/c1-18(19)9-4-3-8-16(18)17(21)20-13-14-6-5-7-15(12-14)23-11-10-22-2/h5-7,12,16H,3-4,8-11,13,19H2,1-2H3,(H,20,21). The van der Waals surface area contributed by atoms with Crippen molar-refractivity contribution in [1.82, 2.24) is 5.32 Å². The van der Waals surface area contributed by atoms with Crippen LogP contribution in [0.2, 0.25) is 0 Å². The zero-order valence-corrected chi connectivity index (χ0v) is 14.1. The molecule has 5 nitrogen and oxygen atoms in total. The maximum Gasteiger partial charge on any atom is 0.225 e.